The molecule has 2 saturated heterocycles. The van der Waals surface area contributed by atoms with Gasteiger partial charge in [-0.1, -0.05) is 12.1 Å². The second kappa shape index (κ2) is 10.4. The highest BCUT2D eigenvalue weighted by molar-refractivity contribution is 6.00. The fourth-order valence-corrected chi connectivity index (χ4v) is 4.78. The number of likely N-dealkylation sites (tertiary alicyclic amines) is 1. The van der Waals surface area contributed by atoms with Gasteiger partial charge in [0.1, 0.15) is 5.54 Å². The number of carboxylic acid groups (broad SMARTS) is 1. The van der Waals surface area contributed by atoms with Gasteiger partial charge in [-0.05, 0) is 62.2 Å². The molecule has 2 aliphatic heterocycles. The van der Waals surface area contributed by atoms with Crippen LogP contribution in [0.25, 0.3) is 11.3 Å². The molecule has 1 unspecified atom stereocenters. The summed E-state index contributed by atoms with van der Waals surface area (Å²) in [6.07, 6.45) is 1.78. The highest BCUT2D eigenvalue weighted by Gasteiger charge is 2.45. The van der Waals surface area contributed by atoms with Crippen LogP contribution in [0.4, 0.5) is 27.8 Å². The third kappa shape index (κ3) is 5.34. The SMILES string of the molecule is CC1(C(=O)Nc2ccc(-c3ccnc(Nc4ccc(N5CCOCC5)cc4)n3)cc2)CCCN1C(=O)O. The highest BCUT2D eigenvalue weighted by atomic mass is 16.5. The molecular weight excluding hydrogens is 472 g/mol. The van der Waals surface area contributed by atoms with Crippen molar-refractivity contribution in [2.45, 2.75) is 25.3 Å². The van der Waals surface area contributed by atoms with Crippen molar-refractivity contribution in [1.82, 2.24) is 14.9 Å². The maximum atomic E-state index is 12.9. The number of ether oxygens (including phenoxy) is 1. The summed E-state index contributed by atoms with van der Waals surface area (Å²) in [5.74, 6) is 0.158. The van der Waals surface area contributed by atoms with E-state index in [1.54, 1.807) is 25.3 Å². The maximum Gasteiger partial charge on any atom is 0.408 e. The Morgan fingerprint density at radius 1 is 0.973 bits per heavy atom. The molecule has 0 spiro atoms. The van der Waals surface area contributed by atoms with E-state index >= 15 is 0 Å². The average molecular weight is 503 g/mol. The molecule has 0 saturated carbocycles. The first-order valence-corrected chi connectivity index (χ1v) is 12.4. The molecule has 37 heavy (non-hydrogen) atoms. The van der Waals surface area contributed by atoms with Crippen molar-refractivity contribution in [2.24, 2.45) is 0 Å². The smallest absolute Gasteiger partial charge is 0.408 e. The second-order valence-electron chi connectivity index (χ2n) is 9.38. The van der Waals surface area contributed by atoms with Gasteiger partial charge in [0.05, 0.1) is 18.9 Å². The molecule has 1 atom stereocenters. The number of hydrogen-bond donors (Lipinski definition) is 3. The predicted octanol–water partition coefficient (Wildman–Crippen LogP) is 4.19. The number of anilines is 4. The first kappa shape index (κ1) is 24.5. The largest absolute Gasteiger partial charge is 0.465 e. The molecule has 10 heteroatoms. The number of carbonyl (C=O) groups is 2. The van der Waals surface area contributed by atoms with Gasteiger partial charge in [0, 0.05) is 48.5 Å². The van der Waals surface area contributed by atoms with Crippen LogP contribution in [0, 0.1) is 0 Å². The zero-order chi connectivity index (χ0) is 25.8. The van der Waals surface area contributed by atoms with Crippen molar-refractivity contribution in [3.05, 3.63) is 60.8 Å². The topological polar surface area (TPSA) is 120 Å². The molecule has 5 rings (SSSR count). The van der Waals surface area contributed by atoms with Crippen LogP contribution in [0.2, 0.25) is 0 Å². The van der Waals surface area contributed by atoms with E-state index in [9.17, 15) is 14.7 Å². The standard InChI is InChI=1S/C27H30N6O4/c1-27(12-2-14-33(27)26(35)36)24(34)29-20-5-3-19(4-6-20)23-11-13-28-25(31-23)30-21-7-9-22(10-8-21)32-15-17-37-18-16-32/h3-11,13H,2,12,14-18H2,1H3,(H,29,34)(H,35,36)(H,28,30,31). The van der Waals surface area contributed by atoms with Gasteiger partial charge >= 0.3 is 6.09 Å². The summed E-state index contributed by atoms with van der Waals surface area (Å²) in [4.78, 5) is 36.9. The molecule has 2 aromatic carbocycles. The lowest BCUT2D eigenvalue weighted by Crippen LogP contribution is -2.52. The molecule has 192 valence electrons. The van der Waals surface area contributed by atoms with Crippen LogP contribution < -0.4 is 15.5 Å². The summed E-state index contributed by atoms with van der Waals surface area (Å²) in [6.45, 7) is 5.30. The van der Waals surface area contributed by atoms with Gasteiger partial charge < -0.3 is 25.4 Å². The van der Waals surface area contributed by atoms with Gasteiger partial charge in [-0.15, -0.1) is 0 Å². The lowest BCUT2D eigenvalue weighted by atomic mass is 9.97. The number of nitrogens with one attached hydrogen (secondary N) is 2. The minimum atomic E-state index is -1.08. The Labute approximate surface area is 215 Å². The van der Waals surface area contributed by atoms with E-state index in [1.165, 1.54) is 4.90 Å². The van der Waals surface area contributed by atoms with Crippen LogP contribution in [0.15, 0.2) is 60.8 Å². The van der Waals surface area contributed by atoms with Gasteiger partial charge in [0.15, 0.2) is 0 Å². The Balaban J connectivity index is 1.23. The predicted molar refractivity (Wildman–Crippen MR) is 141 cm³/mol. The molecule has 2 fully saturated rings. The van der Waals surface area contributed by atoms with E-state index in [4.69, 9.17) is 4.74 Å². The minimum Gasteiger partial charge on any atom is -0.465 e. The number of carbonyl (C=O) groups excluding carboxylic acids is 1. The molecule has 3 heterocycles. The fourth-order valence-electron chi connectivity index (χ4n) is 4.78. The second-order valence-corrected chi connectivity index (χ2v) is 9.38. The minimum absolute atomic E-state index is 0.326. The Hall–Kier alpha value is -4.18. The van der Waals surface area contributed by atoms with Crippen molar-refractivity contribution in [3.8, 4) is 11.3 Å². The molecule has 2 aliphatic rings. The maximum absolute atomic E-state index is 12.9. The summed E-state index contributed by atoms with van der Waals surface area (Å²) in [5, 5.41) is 15.5. The summed E-state index contributed by atoms with van der Waals surface area (Å²) in [6, 6.07) is 17.3. The van der Waals surface area contributed by atoms with Crippen LogP contribution in [-0.2, 0) is 9.53 Å². The summed E-state index contributed by atoms with van der Waals surface area (Å²) < 4.78 is 5.42. The molecule has 0 bridgehead atoms. The zero-order valence-corrected chi connectivity index (χ0v) is 20.7. The monoisotopic (exact) mass is 502 g/mol. The van der Waals surface area contributed by atoms with Crippen LogP contribution in [0.3, 0.4) is 0 Å². The Kier molecular flexibility index (Phi) is 6.91. The highest BCUT2D eigenvalue weighted by Crippen LogP contribution is 2.31. The van der Waals surface area contributed by atoms with Gasteiger partial charge in [0.25, 0.3) is 0 Å². The Morgan fingerprint density at radius 2 is 1.68 bits per heavy atom. The van der Waals surface area contributed by atoms with Crippen LogP contribution in [0.1, 0.15) is 19.8 Å². The van der Waals surface area contributed by atoms with Crippen molar-refractivity contribution < 1.29 is 19.4 Å². The number of amides is 2. The Bertz CT molecular complexity index is 1260. The van der Waals surface area contributed by atoms with E-state index < -0.39 is 11.6 Å². The number of rotatable bonds is 6. The third-order valence-corrected chi connectivity index (χ3v) is 6.95. The van der Waals surface area contributed by atoms with Crippen LogP contribution >= 0.6 is 0 Å². The number of morpholine rings is 1. The lowest BCUT2D eigenvalue weighted by molar-refractivity contribution is -0.124. The number of hydrogen-bond acceptors (Lipinski definition) is 7. The van der Waals surface area contributed by atoms with E-state index in [2.05, 4.69) is 37.6 Å². The summed E-state index contributed by atoms with van der Waals surface area (Å²) in [7, 11) is 0. The zero-order valence-electron chi connectivity index (χ0n) is 20.7. The summed E-state index contributed by atoms with van der Waals surface area (Å²) >= 11 is 0. The molecule has 0 radical (unpaired) electrons. The van der Waals surface area contributed by atoms with Crippen molar-refractivity contribution in [2.75, 3.05) is 48.4 Å². The van der Waals surface area contributed by atoms with Gasteiger partial charge in [0.2, 0.25) is 11.9 Å². The number of nitrogens with zero attached hydrogens (tertiary/aromatic N) is 4. The molecule has 2 amide bonds. The number of aromatic nitrogens is 2. The molecular formula is C27H30N6O4. The quantitative estimate of drug-likeness (QED) is 0.459. The Morgan fingerprint density at radius 3 is 2.38 bits per heavy atom. The number of benzene rings is 2. The van der Waals surface area contributed by atoms with Crippen molar-refractivity contribution >= 4 is 35.0 Å². The van der Waals surface area contributed by atoms with E-state index in [1.807, 2.05) is 30.3 Å². The summed E-state index contributed by atoms with van der Waals surface area (Å²) in [5.41, 5.74) is 3.18. The average Bonchev–Trinajstić information content (AvgIpc) is 3.33. The molecule has 0 aliphatic carbocycles. The molecule has 3 aromatic rings. The van der Waals surface area contributed by atoms with Gasteiger partial charge in [-0.3, -0.25) is 9.69 Å². The third-order valence-electron chi connectivity index (χ3n) is 6.95. The van der Waals surface area contributed by atoms with Gasteiger partial charge in [-0.25, -0.2) is 14.8 Å². The van der Waals surface area contributed by atoms with E-state index in [-0.39, 0.29) is 5.91 Å². The first-order valence-electron chi connectivity index (χ1n) is 12.4. The van der Waals surface area contributed by atoms with Crippen molar-refractivity contribution in [3.63, 3.8) is 0 Å². The molecule has 3 N–H and O–H groups in total. The first-order chi connectivity index (χ1) is 17.9. The van der Waals surface area contributed by atoms with Gasteiger partial charge in [-0.2, -0.15) is 0 Å². The molecule has 10 nitrogen and oxygen atoms in total. The van der Waals surface area contributed by atoms with E-state index in [0.717, 1.165) is 48.9 Å². The van der Waals surface area contributed by atoms with Crippen LogP contribution in [0.5, 0.6) is 0 Å². The van der Waals surface area contributed by atoms with Crippen molar-refractivity contribution in [1.29, 1.82) is 0 Å². The van der Waals surface area contributed by atoms with Crippen LogP contribution in [-0.4, -0.2) is 70.4 Å². The molecule has 1 aromatic heterocycles. The van der Waals surface area contributed by atoms with E-state index in [0.29, 0.717) is 31.0 Å². The lowest BCUT2D eigenvalue weighted by Gasteiger charge is -2.31. The fraction of sp³-hybridized carbons (Fsp3) is 0.333. The normalized spacial score (nSPS) is 19.5.